The maximum absolute atomic E-state index is 4.14. The maximum Gasteiger partial charge on any atom is 0.190 e. The van der Waals surface area contributed by atoms with Crippen LogP contribution >= 0.6 is 0 Å². The average Bonchev–Trinajstić information content (AvgIpc) is 2.30. The molecule has 0 aliphatic carbocycles. The van der Waals surface area contributed by atoms with Crippen molar-refractivity contribution in [3.05, 3.63) is 0 Å². The van der Waals surface area contributed by atoms with Crippen molar-refractivity contribution in [3.8, 4) is 0 Å². The van der Waals surface area contributed by atoms with E-state index in [0.29, 0.717) is 0 Å². The van der Waals surface area contributed by atoms with Crippen molar-refractivity contribution >= 4 is 5.96 Å². The van der Waals surface area contributed by atoms with E-state index >= 15 is 0 Å². The van der Waals surface area contributed by atoms with Gasteiger partial charge in [-0.3, -0.25) is 4.99 Å². The molecule has 0 spiro atoms. The van der Waals surface area contributed by atoms with Crippen LogP contribution in [0.25, 0.3) is 0 Å². The number of likely N-dealkylation sites (tertiary alicyclic amines) is 1. The first-order valence-corrected chi connectivity index (χ1v) is 6.76. The summed E-state index contributed by atoms with van der Waals surface area (Å²) in [7, 11) is 3.71. The molecule has 0 amide bonds. The third-order valence-electron chi connectivity index (χ3n) is 3.25. The van der Waals surface area contributed by atoms with E-state index in [4.69, 9.17) is 0 Å². The van der Waals surface area contributed by atoms with Gasteiger partial charge in [-0.05, 0) is 31.2 Å². The second-order valence-electron chi connectivity index (χ2n) is 5.36. The first-order chi connectivity index (χ1) is 8.15. The highest BCUT2D eigenvalue weighted by molar-refractivity contribution is 5.79. The lowest BCUT2D eigenvalue weighted by Crippen LogP contribution is -2.44. The van der Waals surface area contributed by atoms with Crippen LogP contribution in [-0.2, 0) is 0 Å². The number of aliphatic imine (C=N–C) groups is 1. The van der Waals surface area contributed by atoms with Gasteiger partial charge in [0.05, 0.1) is 0 Å². The zero-order valence-electron chi connectivity index (χ0n) is 11.8. The van der Waals surface area contributed by atoms with Crippen LogP contribution in [0.1, 0.15) is 26.7 Å². The minimum Gasteiger partial charge on any atom is -0.359 e. The van der Waals surface area contributed by atoms with Crippen LogP contribution in [-0.4, -0.2) is 51.1 Å². The van der Waals surface area contributed by atoms with E-state index in [1.165, 1.54) is 32.5 Å². The molecule has 0 saturated carbocycles. The van der Waals surface area contributed by atoms with E-state index in [1.54, 1.807) is 0 Å². The van der Waals surface area contributed by atoms with Gasteiger partial charge in [-0.15, -0.1) is 0 Å². The van der Waals surface area contributed by atoms with Crippen molar-refractivity contribution in [2.75, 3.05) is 40.3 Å². The van der Waals surface area contributed by atoms with Crippen LogP contribution in [0, 0.1) is 11.8 Å². The van der Waals surface area contributed by atoms with Crippen molar-refractivity contribution in [3.63, 3.8) is 0 Å². The molecule has 1 aliphatic heterocycles. The standard InChI is InChI=1S/C13H28N4/c1-11(2)9-17-7-5-6-12(10-17)8-16-13(14-3)15-4/h11-12H,5-10H2,1-4H3,(H2,14,15,16). The minimum absolute atomic E-state index is 0.757. The molecule has 17 heavy (non-hydrogen) atoms. The van der Waals surface area contributed by atoms with Gasteiger partial charge in [0.15, 0.2) is 5.96 Å². The summed E-state index contributed by atoms with van der Waals surface area (Å²) >= 11 is 0. The van der Waals surface area contributed by atoms with E-state index in [9.17, 15) is 0 Å². The summed E-state index contributed by atoms with van der Waals surface area (Å²) in [6.07, 6.45) is 2.67. The fourth-order valence-electron chi connectivity index (χ4n) is 2.52. The Morgan fingerprint density at radius 1 is 1.47 bits per heavy atom. The number of nitrogens with zero attached hydrogens (tertiary/aromatic N) is 2. The molecular weight excluding hydrogens is 212 g/mol. The molecule has 4 heteroatoms. The molecule has 1 rings (SSSR count). The van der Waals surface area contributed by atoms with E-state index in [-0.39, 0.29) is 0 Å². The SMILES string of the molecule is CN=C(NC)NCC1CCCN(CC(C)C)C1. The molecule has 1 saturated heterocycles. The molecular formula is C13H28N4. The Labute approximate surface area is 106 Å². The van der Waals surface area contributed by atoms with E-state index < -0.39 is 0 Å². The quantitative estimate of drug-likeness (QED) is 0.572. The summed E-state index contributed by atoms with van der Waals surface area (Å²) < 4.78 is 0. The number of piperidine rings is 1. The van der Waals surface area contributed by atoms with Crippen molar-refractivity contribution in [1.29, 1.82) is 0 Å². The largest absolute Gasteiger partial charge is 0.359 e. The van der Waals surface area contributed by atoms with Gasteiger partial charge in [0, 0.05) is 33.7 Å². The molecule has 1 aliphatic rings. The van der Waals surface area contributed by atoms with Crippen molar-refractivity contribution in [1.82, 2.24) is 15.5 Å². The zero-order chi connectivity index (χ0) is 12.7. The molecule has 0 radical (unpaired) electrons. The van der Waals surface area contributed by atoms with Gasteiger partial charge in [-0.1, -0.05) is 13.8 Å². The molecule has 4 nitrogen and oxygen atoms in total. The Hall–Kier alpha value is -0.770. The van der Waals surface area contributed by atoms with Gasteiger partial charge in [-0.25, -0.2) is 0 Å². The van der Waals surface area contributed by atoms with Crippen LogP contribution in [0.3, 0.4) is 0 Å². The summed E-state index contributed by atoms with van der Waals surface area (Å²) in [5.74, 6) is 2.42. The smallest absolute Gasteiger partial charge is 0.190 e. The molecule has 0 aromatic heterocycles. The Bertz CT molecular complexity index is 238. The van der Waals surface area contributed by atoms with Gasteiger partial charge in [0.2, 0.25) is 0 Å². The average molecular weight is 240 g/mol. The minimum atomic E-state index is 0.757. The Morgan fingerprint density at radius 2 is 2.24 bits per heavy atom. The fourth-order valence-corrected chi connectivity index (χ4v) is 2.52. The molecule has 100 valence electrons. The second kappa shape index (κ2) is 7.54. The number of guanidine groups is 1. The normalized spacial score (nSPS) is 22.9. The highest BCUT2D eigenvalue weighted by Gasteiger charge is 2.20. The molecule has 2 N–H and O–H groups in total. The molecule has 0 aromatic carbocycles. The van der Waals surface area contributed by atoms with Crippen LogP contribution in [0.5, 0.6) is 0 Å². The van der Waals surface area contributed by atoms with Gasteiger partial charge in [0.1, 0.15) is 0 Å². The lowest BCUT2D eigenvalue weighted by atomic mass is 9.97. The lowest BCUT2D eigenvalue weighted by Gasteiger charge is -2.34. The fraction of sp³-hybridized carbons (Fsp3) is 0.923. The van der Waals surface area contributed by atoms with Gasteiger partial charge < -0.3 is 15.5 Å². The van der Waals surface area contributed by atoms with Crippen molar-refractivity contribution in [2.24, 2.45) is 16.8 Å². The maximum atomic E-state index is 4.14. The highest BCUT2D eigenvalue weighted by Crippen LogP contribution is 2.16. The lowest BCUT2D eigenvalue weighted by molar-refractivity contribution is 0.159. The molecule has 0 aromatic rings. The predicted molar refractivity (Wildman–Crippen MR) is 74.4 cm³/mol. The van der Waals surface area contributed by atoms with Gasteiger partial charge >= 0.3 is 0 Å². The Morgan fingerprint density at radius 3 is 2.82 bits per heavy atom. The zero-order valence-corrected chi connectivity index (χ0v) is 11.8. The van der Waals surface area contributed by atoms with Crippen LogP contribution in [0.4, 0.5) is 0 Å². The Balaban J connectivity index is 2.29. The van der Waals surface area contributed by atoms with E-state index in [0.717, 1.165) is 24.3 Å². The molecule has 1 fully saturated rings. The first kappa shape index (κ1) is 14.3. The molecule has 0 bridgehead atoms. The number of hydrogen-bond acceptors (Lipinski definition) is 2. The van der Waals surface area contributed by atoms with Crippen LogP contribution < -0.4 is 10.6 Å². The number of rotatable bonds is 4. The summed E-state index contributed by atoms with van der Waals surface area (Å²) in [4.78, 5) is 6.74. The number of hydrogen-bond donors (Lipinski definition) is 2. The summed E-state index contributed by atoms with van der Waals surface area (Å²) in [5, 5.41) is 6.43. The third-order valence-corrected chi connectivity index (χ3v) is 3.25. The second-order valence-corrected chi connectivity index (χ2v) is 5.36. The molecule has 1 unspecified atom stereocenters. The third kappa shape index (κ3) is 5.39. The first-order valence-electron chi connectivity index (χ1n) is 6.76. The Kier molecular flexibility index (Phi) is 6.34. The van der Waals surface area contributed by atoms with Crippen molar-refractivity contribution < 1.29 is 0 Å². The van der Waals surface area contributed by atoms with Crippen LogP contribution in [0.2, 0.25) is 0 Å². The van der Waals surface area contributed by atoms with Gasteiger partial charge in [0.25, 0.3) is 0 Å². The van der Waals surface area contributed by atoms with Crippen molar-refractivity contribution in [2.45, 2.75) is 26.7 Å². The monoisotopic (exact) mass is 240 g/mol. The number of nitrogens with one attached hydrogen (secondary N) is 2. The highest BCUT2D eigenvalue weighted by atomic mass is 15.2. The van der Waals surface area contributed by atoms with E-state index in [1.807, 2.05) is 14.1 Å². The van der Waals surface area contributed by atoms with E-state index in [2.05, 4.69) is 34.4 Å². The predicted octanol–water partition coefficient (Wildman–Crippen LogP) is 1.15. The topological polar surface area (TPSA) is 39.7 Å². The summed E-state index contributed by atoms with van der Waals surface area (Å²) in [6, 6.07) is 0. The molecule has 1 atom stereocenters. The summed E-state index contributed by atoms with van der Waals surface area (Å²) in [5.41, 5.74) is 0. The van der Waals surface area contributed by atoms with Crippen LogP contribution in [0.15, 0.2) is 4.99 Å². The summed E-state index contributed by atoms with van der Waals surface area (Å²) in [6.45, 7) is 9.36. The van der Waals surface area contributed by atoms with Gasteiger partial charge in [-0.2, -0.15) is 0 Å². The molecule has 1 heterocycles.